The highest BCUT2D eigenvalue weighted by Crippen LogP contribution is 2.20. The number of nitrogens with one attached hydrogen (secondary N) is 2. The Morgan fingerprint density at radius 3 is 2.55 bits per heavy atom. The lowest BCUT2D eigenvalue weighted by Crippen LogP contribution is -2.43. The molecule has 1 aromatic heterocycles. The number of carbonyl (C=O) groups is 1. The highest BCUT2D eigenvalue weighted by atomic mass is 32.1. The Hall–Kier alpha value is -3.01. The molecule has 31 heavy (non-hydrogen) atoms. The van der Waals surface area contributed by atoms with Gasteiger partial charge >= 0.3 is 6.09 Å². The summed E-state index contributed by atoms with van der Waals surface area (Å²) < 4.78 is 5.44. The van der Waals surface area contributed by atoms with Gasteiger partial charge in [-0.15, -0.1) is 11.3 Å². The van der Waals surface area contributed by atoms with Gasteiger partial charge in [-0.05, 0) is 45.6 Å². The molecule has 1 aliphatic rings. The number of piperidine rings is 1. The molecule has 1 saturated heterocycles. The quantitative estimate of drug-likeness (QED) is 0.317. The molecule has 0 bridgehead atoms. The number of thiazole rings is 1. The van der Waals surface area contributed by atoms with Crippen molar-refractivity contribution in [2.45, 2.75) is 39.2 Å². The minimum absolute atomic E-state index is 0.0710. The standard InChI is InChI=1S/C21H33N7O2S/c1-21(2,3)30-20(29)28-7-4-14(5-8-28)12-26-13-15(11-22)16(18(24)25)10-17(23)19-27-6-9-31-19/h6,9-11,13-14,22,26H,4-5,7-8,12,23-25H2,1-3H3/b15-13+,17-10-,22-11?. The Kier molecular flexibility index (Phi) is 8.49. The minimum Gasteiger partial charge on any atom is -0.444 e. The molecule has 0 unspecified atom stereocenters. The normalized spacial score (nSPS) is 16.0. The molecular formula is C21H33N7O2S. The third-order valence-corrected chi connectivity index (χ3v) is 5.51. The minimum atomic E-state index is -0.489. The number of allylic oxidation sites excluding steroid dienone is 3. The predicted molar refractivity (Wildman–Crippen MR) is 125 cm³/mol. The van der Waals surface area contributed by atoms with Gasteiger partial charge in [-0.25, -0.2) is 9.78 Å². The Balaban J connectivity index is 1.93. The lowest BCUT2D eigenvalue weighted by molar-refractivity contribution is 0.0185. The number of nitrogens with two attached hydrogens (primary N) is 3. The van der Waals surface area contributed by atoms with Crippen LogP contribution >= 0.6 is 11.3 Å². The second-order valence-electron chi connectivity index (χ2n) is 8.37. The second-order valence-corrected chi connectivity index (χ2v) is 9.26. The van der Waals surface area contributed by atoms with Gasteiger partial charge in [-0.2, -0.15) is 0 Å². The molecule has 0 aliphatic carbocycles. The van der Waals surface area contributed by atoms with E-state index in [0.29, 0.717) is 47.4 Å². The number of hydrogen-bond acceptors (Lipinski definition) is 9. The molecule has 9 nitrogen and oxygen atoms in total. The number of amides is 1. The van der Waals surface area contributed by atoms with Crippen molar-refractivity contribution in [2.24, 2.45) is 23.1 Å². The highest BCUT2D eigenvalue weighted by molar-refractivity contribution is 7.10. The van der Waals surface area contributed by atoms with Gasteiger partial charge in [-0.3, -0.25) is 0 Å². The van der Waals surface area contributed by atoms with Crippen molar-refractivity contribution in [3.63, 3.8) is 0 Å². The van der Waals surface area contributed by atoms with Crippen LogP contribution in [0.3, 0.4) is 0 Å². The third-order valence-electron chi connectivity index (χ3n) is 4.69. The van der Waals surface area contributed by atoms with Crippen molar-refractivity contribution >= 4 is 29.3 Å². The summed E-state index contributed by atoms with van der Waals surface area (Å²) in [6.07, 6.45) is 7.68. The zero-order valence-corrected chi connectivity index (χ0v) is 19.2. The lowest BCUT2D eigenvalue weighted by Gasteiger charge is -2.33. The summed E-state index contributed by atoms with van der Waals surface area (Å²) in [6, 6.07) is 0. The van der Waals surface area contributed by atoms with Crippen molar-refractivity contribution in [2.75, 3.05) is 19.6 Å². The molecule has 0 saturated carbocycles. The fourth-order valence-corrected chi connectivity index (χ4v) is 3.66. The number of ether oxygens (including phenoxy) is 1. The molecule has 0 radical (unpaired) electrons. The van der Waals surface area contributed by atoms with Gasteiger partial charge in [-0.1, -0.05) is 0 Å². The van der Waals surface area contributed by atoms with Crippen LogP contribution in [-0.2, 0) is 4.74 Å². The molecule has 170 valence electrons. The van der Waals surface area contributed by atoms with Crippen molar-refractivity contribution in [1.29, 1.82) is 5.41 Å². The number of likely N-dealkylation sites (tertiary alicyclic amines) is 1. The van der Waals surface area contributed by atoms with Crippen LogP contribution in [0, 0.1) is 11.3 Å². The van der Waals surface area contributed by atoms with Crippen LogP contribution in [0.2, 0.25) is 0 Å². The summed E-state index contributed by atoms with van der Waals surface area (Å²) >= 11 is 1.41. The zero-order valence-electron chi connectivity index (χ0n) is 18.4. The van der Waals surface area contributed by atoms with E-state index in [2.05, 4.69) is 10.3 Å². The molecule has 0 spiro atoms. The number of hydrogen-bond donors (Lipinski definition) is 5. The van der Waals surface area contributed by atoms with E-state index < -0.39 is 5.60 Å². The maximum Gasteiger partial charge on any atom is 0.410 e. The van der Waals surface area contributed by atoms with Gasteiger partial charge in [0.2, 0.25) is 0 Å². The topological polar surface area (TPSA) is 156 Å². The first-order valence-corrected chi connectivity index (χ1v) is 11.0. The summed E-state index contributed by atoms with van der Waals surface area (Å²) in [7, 11) is 0. The van der Waals surface area contributed by atoms with Crippen LogP contribution in [-0.4, -0.2) is 47.4 Å². The Morgan fingerprint density at radius 2 is 2.03 bits per heavy atom. The predicted octanol–water partition coefficient (Wildman–Crippen LogP) is 2.34. The van der Waals surface area contributed by atoms with Crippen molar-refractivity contribution < 1.29 is 9.53 Å². The van der Waals surface area contributed by atoms with Crippen molar-refractivity contribution in [1.82, 2.24) is 15.2 Å². The summed E-state index contributed by atoms with van der Waals surface area (Å²) in [5.74, 6) is 0.474. The van der Waals surface area contributed by atoms with E-state index in [4.69, 9.17) is 27.3 Å². The lowest BCUT2D eigenvalue weighted by atomic mass is 9.97. The maximum atomic E-state index is 12.2. The van der Waals surface area contributed by atoms with Crippen LogP contribution in [0.5, 0.6) is 0 Å². The van der Waals surface area contributed by atoms with E-state index in [-0.39, 0.29) is 11.9 Å². The summed E-state index contributed by atoms with van der Waals surface area (Å²) in [6.45, 7) is 7.64. The molecule has 1 amide bonds. The van der Waals surface area contributed by atoms with E-state index in [1.54, 1.807) is 23.4 Å². The number of carbonyl (C=O) groups excluding carboxylic acids is 1. The number of nitrogens with zero attached hydrogens (tertiary/aromatic N) is 2. The fourth-order valence-electron chi connectivity index (χ4n) is 3.10. The van der Waals surface area contributed by atoms with Crippen LogP contribution in [0.15, 0.2) is 40.8 Å². The average molecular weight is 448 g/mol. The van der Waals surface area contributed by atoms with Gasteiger partial charge < -0.3 is 37.6 Å². The van der Waals surface area contributed by atoms with Crippen LogP contribution in [0.4, 0.5) is 4.79 Å². The van der Waals surface area contributed by atoms with Crippen LogP contribution in [0.1, 0.15) is 38.6 Å². The van der Waals surface area contributed by atoms with E-state index in [1.807, 2.05) is 26.2 Å². The first-order chi connectivity index (χ1) is 14.6. The Labute approximate surface area is 187 Å². The molecular weight excluding hydrogens is 414 g/mol. The van der Waals surface area contributed by atoms with Crippen molar-refractivity contribution in [3.8, 4) is 0 Å². The zero-order chi connectivity index (χ0) is 23.0. The van der Waals surface area contributed by atoms with Gasteiger partial charge in [0, 0.05) is 54.8 Å². The first-order valence-electron chi connectivity index (χ1n) is 10.1. The van der Waals surface area contributed by atoms with Gasteiger partial charge in [0.15, 0.2) is 0 Å². The largest absolute Gasteiger partial charge is 0.444 e. The van der Waals surface area contributed by atoms with Gasteiger partial charge in [0.1, 0.15) is 16.4 Å². The van der Waals surface area contributed by atoms with E-state index in [1.165, 1.54) is 17.6 Å². The SMILES string of the molecule is CC(C)(C)OC(=O)N1CCC(CN/C=C(\C=N)C(/C=C(\N)c2nccs2)=C(N)N)CC1. The molecule has 1 fully saturated rings. The highest BCUT2D eigenvalue weighted by Gasteiger charge is 2.26. The molecule has 0 aromatic carbocycles. The first kappa shape index (κ1) is 24.3. The molecule has 10 heteroatoms. The molecule has 1 aromatic rings. The molecule has 1 aliphatic heterocycles. The molecule has 2 rings (SSSR count). The molecule has 0 atom stereocenters. The monoisotopic (exact) mass is 447 g/mol. The van der Waals surface area contributed by atoms with Crippen LogP contribution in [0.25, 0.3) is 5.70 Å². The number of aromatic nitrogens is 1. The Bertz CT molecular complexity index is 842. The third kappa shape index (κ3) is 7.63. The smallest absolute Gasteiger partial charge is 0.410 e. The Morgan fingerprint density at radius 1 is 1.35 bits per heavy atom. The summed E-state index contributed by atoms with van der Waals surface area (Å²) in [5.41, 5.74) is 18.7. The van der Waals surface area contributed by atoms with Gasteiger partial charge in [0.05, 0.1) is 5.70 Å². The number of rotatable bonds is 7. The van der Waals surface area contributed by atoms with E-state index >= 15 is 0 Å². The van der Waals surface area contributed by atoms with E-state index in [9.17, 15) is 4.79 Å². The van der Waals surface area contributed by atoms with Gasteiger partial charge in [0.25, 0.3) is 0 Å². The van der Waals surface area contributed by atoms with Crippen LogP contribution < -0.4 is 22.5 Å². The summed E-state index contributed by atoms with van der Waals surface area (Å²) in [5, 5.41) is 13.5. The summed E-state index contributed by atoms with van der Waals surface area (Å²) in [4.78, 5) is 18.1. The fraction of sp³-hybridized carbons (Fsp3) is 0.476. The molecule has 2 heterocycles. The van der Waals surface area contributed by atoms with E-state index in [0.717, 1.165) is 12.8 Å². The second kappa shape index (κ2) is 10.9. The average Bonchev–Trinajstić information content (AvgIpc) is 3.23. The maximum absolute atomic E-state index is 12.2. The van der Waals surface area contributed by atoms with Crippen molar-refractivity contribution in [3.05, 3.63) is 45.8 Å². The molecule has 8 N–H and O–H groups in total.